The van der Waals surface area contributed by atoms with Crippen molar-refractivity contribution in [1.29, 1.82) is 0 Å². The molecule has 0 aliphatic carbocycles. The molecule has 0 aliphatic rings. The fraction of sp³-hybridized carbons (Fsp3) is 0.400. The van der Waals surface area contributed by atoms with Crippen LogP contribution in [0, 0.1) is 5.92 Å². The first kappa shape index (κ1) is 22.8. The smallest absolute Gasteiger partial charge is 0.261 e. The van der Waals surface area contributed by atoms with E-state index in [1.165, 1.54) is 18.4 Å². The van der Waals surface area contributed by atoms with Crippen LogP contribution in [0.3, 0.4) is 0 Å². The Balaban J connectivity index is 2.05. The molecular weight excluding hydrogens is 396 g/mol. The molecule has 29 heavy (non-hydrogen) atoms. The minimum atomic E-state index is -0.520. The van der Waals surface area contributed by atoms with E-state index in [1.54, 1.807) is 25.6 Å². The normalized spacial score (nSPS) is 12.8. The summed E-state index contributed by atoms with van der Waals surface area (Å²) in [5, 5.41) is 11.7. The molecule has 0 saturated carbocycles. The van der Waals surface area contributed by atoms with Crippen LogP contribution < -0.4 is 15.5 Å². The van der Waals surface area contributed by atoms with Crippen molar-refractivity contribution >= 4 is 23.2 Å². The lowest BCUT2D eigenvalue weighted by Gasteiger charge is -2.21. The highest BCUT2D eigenvalue weighted by molar-refractivity contribution is 7.17. The zero-order valence-electron chi connectivity index (χ0n) is 16.6. The second-order valence-electron chi connectivity index (χ2n) is 6.45. The first-order valence-corrected chi connectivity index (χ1v) is 9.85. The standard InChI is InChI=1S/C20H26N2O6S/c1-13(19(23)22-25)10-15(11-28-12-26-2)21-20(24)18-9-8-17(29-18)14-4-6-16(27-3)7-5-14/h4-9,13,15,25H,10-12H2,1-3H3,(H,21,24)(H,22,23)/t13-,15-/m0/s1. The third-order valence-electron chi connectivity index (χ3n) is 4.26. The van der Waals surface area contributed by atoms with E-state index in [2.05, 4.69) is 5.32 Å². The van der Waals surface area contributed by atoms with Gasteiger partial charge < -0.3 is 19.5 Å². The molecule has 1 aromatic carbocycles. The van der Waals surface area contributed by atoms with Crippen LogP contribution in [-0.4, -0.2) is 50.7 Å². The monoisotopic (exact) mass is 422 g/mol. The van der Waals surface area contributed by atoms with Gasteiger partial charge in [-0.1, -0.05) is 6.92 Å². The number of benzene rings is 1. The van der Waals surface area contributed by atoms with Gasteiger partial charge in [-0.05, 0) is 48.4 Å². The predicted molar refractivity (Wildman–Crippen MR) is 109 cm³/mol. The van der Waals surface area contributed by atoms with Crippen LogP contribution in [0.2, 0.25) is 0 Å². The summed E-state index contributed by atoms with van der Waals surface area (Å²) in [6.07, 6.45) is 0.304. The summed E-state index contributed by atoms with van der Waals surface area (Å²) in [4.78, 5) is 25.8. The van der Waals surface area contributed by atoms with Gasteiger partial charge in [-0.15, -0.1) is 11.3 Å². The molecular formula is C20H26N2O6S. The summed E-state index contributed by atoms with van der Waals surface area (Å²) in [5.41, 5.74) is 2.62. The van der Waals surface area contributed by atoms with Gasteiger partial charge in [0.25, 0.3) is 5.91 Å². The molecule has 1 heterocycles. The highest BCUT2D eigenvalue weighted by Gasteiger charge is 2.22. The lowest BCUT2D eigenvalue weighted by Crippen LogP contribution is -2.41. The third-order valence-corrected chi connectivity index (χ3v) is 5.39. The largest absolute Gasteiger partial charge is 0.497 e. The number of amides is 2. The fourth-order valence-corrected chi connectivity index (χ4v) is 3.63. The van der Waals surface area contributed by atoms with E-state index in [0.29, 0.717) is 11.3 Å². The van der Waals surface area contributed by atoms with Crippen LogP contribution in [0.25, 0.3) is 10.4 Å². The minimum absolute atomic E-state index is 0.0770. The van der Waals surface area contributed by atoms with E-state index in [1.807, 2.05) is 30.3 Å². The second kappa shape index (κ2) is 11.5. The van der Waals surface area contributed by atoms with Crippen LogP contribution in [0.15, 0.2) is 36.4 Å². The van der Waals surface area contributed by atoms with Gasteiger partial charge in [0.15, 0.2) is 0 Å². The molecule has 2 rings (SSSR count). The maximum Gasteiger partial charge on any atom is 0.261 e. The predicted octanol–water partition coefficient (Wildman–Crippen LogP) is 2.67. The molecule has 0 bridgehead atoms. The van der Waals surface area contributed by atoms with E-state index in [4.69, 9.17) is 19.4 Å². The molecule has 3 N–H and O–H groups in total. The molecule has 8 nitrogen and oxygen atoms in total. The molecule has 2 atom stereocenters. The topological polar surface area (TPSA) is 106 Å². The molecule has 0 radical (unpaired) electrons. The number of hydrogen-bond donors (Lipinski definition) is 3. The van der Waals surface area contributed by atoms with Crippen molar-refractivity contribution < 1.29 is 29.0 Å². The van der Waals surface area contributed by atoms with Gasteiger partial charge in [-0.3, -0.25) is 14.8 Å². The van der Waals surface area contributed by atoms with Crippen LogP contribution in [-0.2, 0) is 14.3 Å². The van der Waals surface area contributed by atoms with E-state index in [0.717, 1.165) is 16.2 Å². The number of hydroxylamine groups is 1. The van der Waals surface area contributed by atoms with Gasteiger partial charge >= 0.3 is 0 Å². The third kappa shape index (κ3) is 6.82. The van der Waals surface area contributed by atoms with Crippen LogP contribution >= 0.6 is 11.3 Å². The quantitative estimate of drug-likeness (QED) is 0.223. The number of nitrogens with one attached hydrogen (secondary N) is 2. The SMILES string of the molecule is COCOC[C@H](C[C@H](C)C(=O)NO)NC(=O)c1ccc(-c2ccc(OC)cc2)s1. The number of methoxy groups -OCH3 is 2. The molecule has 0 spiro atoms. The molecule has 0 aliphatic heterocycles. The number of carbonyl (C=O) groups is 2. The van der Waals surface area contributed by atoms with Crippen molar-refractivity contribution in [2.24, 2.45) is 5.92 Å². The first-order chi connectivity index (χ1) is 14.0. The molecule has 2 amide bonds. The Morgan fingerprint density at radius 1 is 1.14 bits per heavy atom. The van der Waals surface area contributed by atoms with E-state index < -0.39 is 17.9 Å². The summed E-state index contributed by atoms with van der Waals surface area (Å²) < 4.78 is 15.4. The Bertz CT molecular complexity index is 793. The van der Waals surface area contributed by atoms with Crippen molar-refractivity contribution in [3.05, 3.63) is 41.3 Å². The fourth-order valence-electron chi connectivity index (χ4n) is 2.71. The summed E-state index contributed by atoms with van der Waals surface area (Å²) >= 11 is 1.37. The zero-order valence-corrected chi connectivity index (χ0v) is 17.5. The summed E-state index contributed by atoms with van der Waals surface area (Å²) in [6, 6.07) is 10.8. The Hall–Kier alpha value is -2.46. The van der Waals surface area contributed by atoms with E-state index in [9.17, 15) is 9.59 Å². The average Bonchev–Trinajstić information content (AvgIpc) is 3.23. The Morgan fingerprint density at radius 3 is 2.48 bits per heavy atom. The zero-order chi connectivity index (χ0) is 21.2. The minimum Gasteiger partial charge on any atom is -0.497 e. The molecule has 158 valence electrons. The maximum absolute atomic E-state index is 12.7. The Kier molecular flexibility index (Phi) is 9.07. The van der Waals surface area contributed by atoms with Gasteiger partial charge in [-0.2, -0.15) is 0 Å². The number of carbonyl (C=O) groups excluding carboxylic acids is 2. The average molecular weight is 423 g/mol. The van der Waals surface area contributed by atoms with Gasteiger partial charge in [0.2, 0.25) is 5.91 Å². The first-order valence-electron chi connectivity index (χ1n) is 9.04. The summed E-state index contributed by atoms with van der Waals surface area (Å²) in [7, 11) is 3.11. The molecule has 1 aromatic heterocycles. The van der Waals surface area contributed by atoms with Crippen molar-refractivity contribution in [1.82, 2.24) is 10.8 Å². The Labute approximate surface area is 173 Å². The van der Waals surface area contributed by atoms with E-state index in [-0.39, 0.29) is 19.3 Å². The van der Waals surface area contributed by atoms with Crippen molar-refractivity contribution in [3.8, 4) is 16.2 Å². The van der Waals surface area contributed by atoms with Gasteiger partial charge in [0.1, 0.15) is 12.5 Å². The lowest BCUT2D eigenvalue weighted by atomic mass is 10.0. The lowest BCUT2D eigenvalue weighted by molar-refractivity contribution is -0.133. The molecule has 0 saturated heterocycles. The molecule has 0 unspecified atom stereocenters. The number of ether oxygens (including phenoxy) is 3. The second-order valence-corrected chi connectivity index (χ2v) is 7.54. The highest BCUT2D eigenvalue weighted by Crippen LogP contribution is 2.29. The highest BCUT2D eigenvalue weighted by atomic mass is 32.1. The number of thiophene rings is 1. The maximum atomic E-state index is 12.7. The number of hydrogen-bond acceptors (Lipinski definition) is 7. The molecule has 0 fully saturated rings. The van der Waals surface area contributed by atoms with Gasteiger partial charge in [0, 0.05) is 17.9 Å². The summed E-state index contributed by atoms with van der Waals surface area (Å²) in [6.45, 7) is 1.92. The van der Waals surface area contributed by atoms with Crippen molar-refractivity contribution in [3.63, 3.8) is 0 Å². The Morgan fingerprint density at radius 2 is 1.86 bits per heavy atom. The van der Waals surface area contributed by atoms with Crippen molar-refractivity contribution in [2.45, 2.75) is 19.4 Å². The number of rotatable bonds is 11. The molecule has 2 aromatic rings. The van der Waals surface area contributed by atoms with Gasteiger partial charge in [0.05, 0.1) is 24.6 Å². The van der Waals surface area contributed by atoms with Crippen LogP contribution in [0.1, 0.15) is 23.0 Å². The van der Waals surface area contributed by atoms with E-state index >= 15 is 0 Å². The summed E-state index contributed by atoms with van der Waals surface area (Å²) in [5.74, 6) is -0.510. The van der Waals surface area contributed by atoms with Crippen LogP contribution in [0.4, 0.5) is 0 Å². The van der Waals surface area contributed by atoms with Crippen LogP contribution in [0.5, 0.6) is 5.75 Å². The van der Waals surface area contributed by atoms with Gasteiger partial charge in [-0.25, -0.2) is 5.48 Å². The molecule has 9 heteroatoms. The van der Waals surface area contributed by atoms with Crippen molar-refractivity contribution in [2.75, 3.05) is 27.6 Å².